The van der Waals surface area contributed by atoms with Gasteiger partial charge in [-0.1, -0.05) is 18.2 Å². The zero-order valence-corrected chi connectivity index (χ0v) is 12.1. The van der Waals surface area contributed by atoms with Crippen LogP contribution in [0.5, 0.6) is 11.6 Å². The Morgan fingerprint density at radius 2 is 2.09 bits per heavy atom. The molecule has 1 aromatic heterocycles. The molecule has 5 nitrogen and oxygen atoms in total. The molecular formula is C16H18FN3O2. The number of nitrogens with two attached hydrogens (primary N) is 1. The highest BCUT2D eigenvalue weighted by Crippen LogP contribution is 2.25. The monoisotopic (exact) mass is 303 g/mol. The molecule has 2 rings (SSSR count). The zero-order valence-electron chi connectivity index (χ0n) is 12.1. The summed E-state index contributed by atoms with van der Waals surface area (Å²) < 4.78 is 19.1. The summed E-state index contributed by atoms with van der Waals surface area (Å²) in [5.74, 6) is -0.194. The van der Waals surface area contributed by atoms with E-state index in [0.29, 0.717) is 24.9 Å². The highest BCUT2D eigenvalue weighted by Gasteiger charge is 2.10. The van der Waals surface area contributed by atoms with Crippen LogP contribution in [0.4, 0.5) is 4.39 Å². The Morgan fingerprint density at radius 3 is 2.86 bits per heavy atom. The van der Waals surface area contributed by atoms with Gasteiger partial charge in [0.25, 0.3) is 0 Å². The van der Waals surface area contributed by atoms with Crippen molar-refractivity contribution in [2.24, 2.45) is 5.73 Å². The molecule has 6 heteroatoms. The second-order valence-electron chi connectivity index (χ2n) is 4.67. The fourth-order valence-electron chi connectivity index (χ4n) is 1.83. The summed E-state index contributed by atoms with van der Waals surface area (Å²) >= 11 is 0. The summed E-state index contributed by atoms with van der Waals surface area (Å²) in [7, 11) is 0. The number of benzene rings is 1. The summed E-state index contributed by atoms with van der Waals surface area (Å²) in [5.41, 5.74) is 6.04. The van der Waals surface area contributed by atoms with Crippen molar-refractivity contribution in [2.75, 3.05) is 6.54 Å². The number of amides is 1. The van der Waals surface area contributed by atoms with Crippen molar-refractivity contribution in [3.05, 3.63) is 54.0 Å². The molecule has 0 radical (unpaired) electrons. The number of halogens is 1. The molecule has 1 amide bonds. The van der Waals surface area contributed by atoms with Crippen LogP contribution in [0.3, 0.4) is 0 Å². The Morgan fingerprint density at radius 1 is 1.27 bits per heavy atom. The average molecular weight is 303 g/mol. The normalized spacial score (nSPS) is 10.3. The lowest BCUT2D eigenvalue weighted by atomic mass is 10.2. The predicted octanol–water partition coefficient (Wildman–Crippen LogP) is 2.37. The molecule has 0 saturated carbocycles. The van der Waals surface area contributed by atoms with E-state index in [2.05, 4.69) is 10.3 Å². The summed E-state index contributed by atoms with van der Waals surface area (Å²) in [5, 5.41) is 2.77. The van der Waals surface area contributed by atoms with Crippen molar-refractivity contribution >= 4 is 5.91 Å². The maximum Gasteiger partial charge on any atom is 0.224 e. The topological polar surface area (TPSA) is 77.2 Å². The number of aromatic nitrogens is 1. The molecule has 0 aliphatic heterocycles. The average Bonchev–Trinajstić information content (AvgIpc) is 2.54. The summed E-state index contributed by atoms with van der Waals surface area (Å²) in [6.07, 6.45) is 2.56. The van der Waals surface area contributed by atoms with E-state index < -0.39 is 5.82 Å². The van der Waals surface area contributed by atoms with Gasteiger partial charge in [-0.2, -0.15) is 0 Å². The van der Waals surface area contributed by atoms with Gasteiger partial charge >= 0.3 is 0 Å². The van der Waals surface area contributed by atoms with E-state index in [4.69, 9.17) is 10.5 Å². The Hall–Kier alpha value is -2.47. The standard InChI is InChI=1S/C16H18FN3O2/c17-13-6-1-2-7-14(13)22-16-12(5-4-10-19-16)11-20-15(21)8-3-9-18/h1-2,4-7,10H,3,8-9,11,18H2,(H,20,21). The van der Waals surface area contributed by atoms with Gasteiger partial charge in [0.05, 0.1) is 0 Å². The molecule has 0 aliphatic carbocycles. The number of hydrogen-bond acceptors (Lipinski definition) is 4. The molecule has 0 bridgehead atoms. The first kappa shape index (κ1) is 15.9. The lowest BCUT2D eigenvalue weighted by Crippen LogP contribution is -2.23. The van der Waals surface area contributed by atoms with Crippen LogP contribution in [0.25, 0.3) is 0 Å². The van der Waals surface area contributed by atoms with Crippen LogP contribution in [-0.2, 0) is 11.3 Å². The second kappa shape index (κ2) is 8.09. The molecule has 116 valence electrons. The number of nitrogens with one attached hydrogen (secondary N) is 1. The van der Waals surface area contributed by atoms with E-state index >= 15 is 0 Å². The zero-order chi connectivity index (χ0) is 15.8. The van der Waals surface area contributed by atoms with Crippen molar-refractivity contribution < 1.29 is 13.9 Å². The molecule has 0 unspecified atom stereocenters. The first-order valence-corrected chi connectivity index (χ1v) is 7.03. The molecule has 2 aromatic rings. The van der Waals surface area contributed by atoms with E-state index in [1.54, 1.807) is 30.5 Å². The Balaban J connectivity index is 2.04. The maximum atomic E-state index is 13.6. The minimum Gasteiger partial charge on any atom is -0.436 e. The van der Waals surface area contributed by atoms with Crippen LogP contribution in [0.1, 0.15) is 18.4 Å². The maximum absolute atomic E-state index is 13.6. The van der Waals surface area contributed by atoms with Crippen LogP contribution in [0.2, 0.25) is 0 Å². The number of carbonyl (C=O) groups is 1. The molecular weight excluding hydrogens is 285 g/mol. The third kappa shape index (κ3) is 4.53. The van der Waals surface area contributed by atoms with E-state index in [1.165, 1.54) is 12.1 Å². The highest BCUT2D eigenvalue weighted by atomic mass is 19.1. The lowest BCUT2D eigenvalue weighted by Gasteiger charge is -2.11. The summed E-state index contributed by atoms with van der Waals surface area (Å²) in [6, 6.07) is 9.59. The SMILES string of the molecule is NCCCC(=O)NCc1cccnc1Oc1ccccc1F. The third-order valence-corrected chi connectivity index (χ3v) is 2.98. The molecule has 0 saturated heterocycles. The van der Waals surface area contributed by atoms with Gasteiger partial charge in [0.2, 0.25) is 11.8 Å². The quantitative estimate of drug-likeness (QED) is 0.823. The molecule has 0 fully saturated rings. The molecule has 22 heavy (non-hydrogen) atoms. The van der Waals surface area contributed by atoms with Crippen molar-refractivity contribution in [1.82, 2.24) is 10.3 Å². The van der Waals surface area contributed by atoms with Gasteiger partial charge in [-0.3, -0.25) is 4.79 Å². The molecule has 0 spiro atoms. The smallest absolute Gasteiger partial charge is 0.224 e. The predicted molar refractivity (Wildman–Crippen MR) is 80.8 cm³/mol. The largest absolute Gasteiger partial charge is 0.436 e. The van der Waals surface area contributed by atoms with Gasteiger partial charge in [-0.05, 0) is 31.2 Å². The number of nitrogens with zero attached hydrogens (tertiary/aromatic N) is 1. The molecule has 0 aliphatic rings. The second-order valence-corrected chi connectivity index (χ2v) is 4.67. The molecule has 0 atom stereocenters. The fraction of sp³-hybridized carbons (Fsp3) is 0.250. The van der Waals surface area contributed by atoms with Crippen LogP contribution >= 0.6 is 0 Å². The van der Waals surface area contributed by atoms with E-state index in [9.17, 15) is 9.18 Å². The molecule has 1 aromatic carbocycles. The summed E-state index contributed by atoms with van der Waals surface area (Å²) in [4.78, 5) is 15.7. The van der Waals surface area contributed by atoms with Gasteiger partial charge in [0, 0.05) is 24.7 Å². The number of ether oxygens (including phenoxy) is 1. The van der Waals surface area contributed by atoms with E-state index in [-0.39, 0.29) is 24.1 Å². The number of para-hydroxylation sites is 1. The van der Waals surface area contributed by atoms with Crippen LogP contribution < -0.4 is 15.8 Å². The van der Waals surface area contributed by atoms with Gasteiger partial charge in [0.1, 0.15) is 0 Å². The molecule has 1 heterocycles. The van der Waals surface area contributed by atoms with Crippen molar-refractivity contribution in [2.45, 2.75) is 19.4 Å². The Labute approximate surface area is 128 Å². The minimum atomic E-state index is -0.467. The first-order chi connectivity index (χ1) is 10.7. The Bertz CT molecular complexity index is 634. The summed E-state index contributed by atoms with van der Waals surface area (Å²) in [6.45, 7) is 0.739. The minimum absolute atomic E-state index is 0.0915. The number of rotatable bonds is 7. The van der Waals surface area contributed by atoms with Gasteiger partial charge in [-0.25, -0.2) is 9.37 Å². The number of carbonyl (C=O) groups excluding carboxylic acids is 1. The van der Waals surface area contributed by atoms with Crippen molar-refractivity contribution in [3.8, 4) is 11.6 Å². The number of pyridine rings is 1. The van der Waals surface area contributed by atoms with Crippen molar-refractivity contribution in [1.29, 1.82) is 0 Å². The van der Waals surface area contributed by atoms with Crippen LogP contribution in [0.15, 0.2) is 42.6 Å². The highest BCUT2D eigenvalue weighted by molar-refractivity contribution is 5.75. The molecule has 3 N–H and O–H groups in total. The van der Waals surface area contributed by atoms with Crippen LogP contribution in [-0.4, -0.2) is 17.4 Å². The van der Waals surface area contributed by atoms with Crippen molar-refractivity contribution in [3.63, 3.8) is 0 Å². The third-order valence-electron chi connectivity index (χ3n) is 2.98. The van der Waals surface area contributed by atoms with Gasteiger partial charge in [0.15, 0.2) is 11.6 Å². The van der Waals surface area contributed by atoms with Crippen LogP contribution in [0, 0.1) is 5.82 Å². The number of hydrogen-bond donors (Lipinski definition) is 2. The fourth-order valence-corrected chi connectivity index (χ4v) is 1.83. The first-order valence-electron chi connectivity index (χ1n) is 7.03. The van der Waals surface area contributed by atoms with E-state index in [1.807, 2.05) is 0 Å². The lowest BCUT2D eigenvalue weighted by molar-refractivity contribution is -0.121. The Kier molecular flexibility index (Phi) is 5.85. The van der Waals surface area contributed by atoms with E-state index in [0.717, 1.165) is 0 Å². The van der Waals surface area contributed by atoms with Gasteiger partial charge < -0.3 is 15.8 Å². The van der Waals surface area contributed by atoms with Gasteiger partial charge in [-0.15, -0.1) is 0 Å².